The quantitative estimate of drug-likeness (QED) is 0.431. The van der Waals surface area contributed by atoms with Gasteiger partial charge in [0.15, 0.2) is 0 Å². The molecule has 0 unspecified atom stereocenters. The summed E-state index contributed by atoms with van der Waals surface area (Å²) in [7, 11) is 1.61. The van der Waals surface area contributed by atoms with Crippen molar-refractivity contribution in [2.75, 3.05) is 20.3 Å². The number of methoxy groups -OCH3 is 1. The normalized spacial score (nSPS) is 10.2. The molecular formula is C7H12O3. The van der Waals surface area contributed by atoms with Crippen molar-refractivity contribution in [2.24, 2.45) is 0 Å². The summed E-state index contributed by atoms with van der Waals surface area (Å²) in [6.45, 7) is 2.27. The molecule has 0 heterocycles. The molecular weight excluding hydrogens is 132 g/mol. The van der Waals surface area contributed by atoms with Gasteiger partial charge in [-0.15, -0.1) is 0 Å². The number of ether oxygens (including phenoxy) is 2. The van der Waals surface area contributed by atoms with Gasteiger partial charge in [-0.05, 0) is 6.08 Å². The summed E-state index contributed by atoms with van der Waals surface area (Å²) in [5.74, 6) is -0.262. The second-order valence-corrected chi connectivity index (χ2v) is 1.73. The average molecular weight is 144 g/mol. The van der Waals surface area contributed by atoms with Crippen molar-refractivity contribution in [2.45, 2.75) is 6.92 Å². The minimum absolute atomic E-state index is 0.262. The summed E-state index contributed by atoms with van der Waals surface area (Å²) in [5.41, 5.74) is 0. The van der Waals surface area contributed by atoms with E-state index >= 15 is 0 Å². The highest BCUT2D eigenvalue weighted by molar-refractivity contribution is 5.65. The molecule has 0 aromatic carbocycles. The Bertz CT molecular complexity index is 118. The molecule has 0 aliphatic carbocycles. The van der Waals surface area contributed by atoms with Gasteiger partial charge in [-0.1, -0.05) is 6.08 Å². The fourth-order valence-corrected chi connectivity index (χ4v) is 0.398. The van der Waals surface area contributed by atoms with Crippen molar-refractivity contribution in [3.8, 4) is 0 Å². The minimum atomic E-state index is -0.262. The smallest absolute Gasteiger partial charge is 0.302 e. The van der Waals surface area contributed by atoms with Crippen LogP contribution >= 0.6 is 0 Å². The van der Waals surface area contributed by atoms with Crippen LogP contribution in [-0.2, 0) is 14.3 Å². The largest absolute Gasteiger partial charge is 0.462 e. The second kappa shape index (κ2) is 6.29. The first kappa shape index (κ1) is 9.17. The summed E-state index contributed by atoms with van der Waals surface area (Å²) < 4.78 is 9.33. The Balaban J connectivity index is 3.10. The predicted octanol–water partition coefficient (Wildman–Crippen LogP) is 0.752. The predicted molar refractivity (Wildman–Crippen MR) is 37.6 cm³/mol. The molecule has 0 bridgehead atoms. The molecule has 0 aliphatic rings. The van der Waals surface area contributed by atoms with E-state index in [0.29, 0.717) is 13.2 Å². The van der Waals surface area contributed by atoms with E-state index in [4.69, 9.17) is 4.74 Å². The van der Waals surface area contributed by atoms with Crippen LogP contribution in [0.15, 0.2) is 12.2 Å². The molecule has 3 heteroatoms. The lowest BCUT2D eigenvalue weighted by Crippen LogP contribution is -1.97. The Hall–Kier alpha value is -0.830. The van der Waals surface area contributed by atoms with Gasteiger partial charge in [-0.2, -0.15) is 0 Å². The van der Waals surface area contributed by atoms with E-state index in [1.807, 2.05) is 0 Å². The molecule has 58 valence electrons. The number of carbonyl (C=O) groups excluding carboxylic acids is 1. The minimum Gasteiger partial charge on any atom is -0.462 e. The van der Waals surface area contributed by atoms with Gasteiger partial charge in [0, 0.05) is 14.0 Å². The second-order valence-electron chi connectivity index (χ2n) is 1.73. The van der Waals surface area contributed by atoms with Crippen LogP contribution < -0.4 is 0 Å². The zero-order valence-corrected chi connectivity index (χ0v) is 6.29. The summed E-state index contributed by atoms with van der Waals surface area (Å²) in [6.07, 6.45) is 3.54. The summed E-state index contributed by atoms with van der Waals surface area (Å²) in [6, 6.07) is 0. The Morgan fingerprint density at radius 1 is 1.40 bits per heavy atom. The van der Waals surface area contributed by atoms with Crippen LogP contribution in [0.5, 0.6) is 0 Å². The number of rotatable bonds is 4. The molecule has 0 saturated carbocycles. The Morgan fingerprint density at radius 2 is 2.00 bits per heavy atom. The highest BCUT2D eigenvalue weighted by Gasteiger charge is 1.85. The molecule has 0 N–H and O–H groups in total. The van der Waals surface area contributed by atoms with E-state index in [1.165, 1.54) is 6.92 Å². The van der Waals surface area contributed by atoms with Gasteiger partial charge in [-0.3, -0.25) is 4.79 Å². The van der Waals surface area contributed by atoms with Gasteiger partial charge in [0.25, 0.3) is 0 Å². The first-order valence-electron chi connectivity index (χ1n) is 3.04. The molecule has 0 aromatic heterocycles. The third-order valence-corrected chi connectivity index (χ3v) is 0.812. The third-order valence-electron chi connectivity index (χ3n) is 0.812. The maximum atomic E-state index is 10.2. The van der Waals surface area contributed by atoms with Crippen molar-refractivity contribution in [3.05, 3.63) is 12.2 Å². The standard InChI is InChI=1S/C7H12O3/c1-7(8)10-6-4-3-5-9-2/h3-4H,5-6H2,1-2H3. The summed E-state index contributed by atoms with van der Waals surface area (Å²) in [5, 5.41) is 0. The monoisotopic (exact) mass is 144 g/mol. The Kier molecular flexibility index (Phi) is 5.77. The molecule has 10 heavy (non-hydrogen) atoms. The highest BCUT2D eigenvalue weighted by atomic mass is 16.5. The molecule has 0 fully saturated rings. The van der Waals surface area contributed by atoms with Crippen LogP contribution in [-0.4, -0.2) is 26.3 Å². The number of hydrogen-bond donors (Lipinski definition) is 0. The highest BCUT2D eigenvalue weighted by Crippen LogP contribution is 1.79. The van der Waals surface area contributed by atoms with Gasteiger partial charge in [0.1, 0.15) is 6.61 Å². The van der Waals surface area contributed by atoms with E-state index in [0.717, 1.165) is 0 Å². The summed E-state index contributed by atoms with van der Waals surface area (Å²) in [4.78, 5) is 10.2. The topological polar surface area (TPSA) is 35.5 Å². The van der Waals surface area contributed by atoms with Gasteiger partial charge >= 0.3 is 5.97 Å². The maximum absolute atomic E-state index is 10.2. The Morgan fingerprint density at radius 3 is 2.50 bits per heavy atom. The Labute approximate surface area is 60.6 Å². The van der Waals surface area contributed by atoms with Gasteiger partial charge in [0.2, 0.25) is 0 Å². The lowest BCUT2D eigenvalue weighted by atomic mass is 10.5. The molecule has 0 aliphatic heterocycles. The SMILES string of the molecule is COCC=CCOC(C)=O. The molecule has 3 nitrogen and oxygen atoms in total. The maximum Gasteiger partial charge on any atom is 0.302 e. The van der Waals surface area contributed by atoms with Crippen LogP contribution in [0.2, 0.25) is 0 Å². The van der Waals surface area contributed by atoms with E-state index < -0.39 is 0 Å². The zero-order valence-electron chi connectivity index (χ0n) is 6.29. The van der Waals surface area contributed by atoms with Crippen LogP contribution in [0, 0.1) is 0 Å². The average Bonchev–Trinajstić information content (AvgIpc) is 1.87. The number of esters is 1. The van der Waals surface area contributed by atoms with Gasteiger partial charge in [0.05, 0.1) is 6.61 Å². The molecule has 0 saturated heterocycles. The van der Waals surface area contributed by atoms with Crippen molar-refractivity contribution >= 4 is 5.97 Å². The van der Waals surface area contributed by atoms with E-state index in [-0.39, 0.29) is 5.97 Å². The van der Waals surface area contributed by atoms with Crippen molar-refractivity contribution in [1.82, 2.24) is 0 Å². The van der Waals surface area contributed by atoms with E-state index in [9.17, 15) is 4.79 Å². The fraction of sp³-hybridized carbons (Fsp3) is 0.571. The summed E-state index contributed by atoms with van der Waals surface area (Å²) >= 11 is 0. The van der Waals surface area contributed by atoms with Crippen LogP contribution in [0.3, 0.4) is 0 Å². The third kappa shape index (κ3) is 7.17. The first-order valence-corrected chi connectivity index (χ1v) is 3.04. The molecule has 0 atom stereocenters. The molecule has 0 radical (unpaired) electrons. The zero-order chi connectivity index (χ0) is 7.82. The molecule has 0 amide bonds. The molecule has 0 spiro atoms. The lowest BCUT2D eigenvalue weighted by molar-refractivity contribution is -0.139. The molecule has 0 rings (SSSR count). The van der Waals surface area contributed by atoms with Crippen LogP contribution in [0.25, 0.3) is 0 Å². The lowest BCUT2D eigenvalue weighted by Gasteiger charge is -1.93. The van der Waals surface area contributed by atoms with Gasteiger partial charge in [-0.25, -0.2) is 0 Å². The van der Waals surface area contributed by atoms with Gasteiger partial charge < -0.3 is 9.47 Å². The van der Waals surface area contributed by atoms with E-state index in [2.05, 4.69) is 4.74 Å². The number of carbonyl (C=O) groups is 1. The van der Waals surface area contributed by atoms with Crippen molar-refractivity contribution < 1.29 is 14.3 Å². The van der Waals surface area contributed by atoms with E-state index in [1.54, 1.807) is 19.3 Å². The number of hydrogen-bond acceptors (Lipinski definition) is 3. The van der Waals surface area contributed by atoms with Crippen molar-refractivity contribution in [3.63, 3.8) is 0 Å². The van der Waals surface area contributed by atoms with Crippen LogP contribution in [0.1, 0.15) is 6.92 Å². The first-order chi connectivity index (χ1) is 4.77. The fourth-order valence-electron chi connectivity index (χ4n) is 0.398. The van der Waals surface area contributed by atoms with Crippen molar-refractivity contribution in [1.29, 1.82) is 0 Å². The van der Waals surface area contributed by atoms with Crippen LogP contribution in [0.4, 0.5) is 0 Å². The molecule has 0 aromatic rings.